The number of likely N-dealkylation sites (tertiary alicyclic amines) is 1. The molecule has 3 aliphatic rings. The minimum absolute atomic E-state index is 0.168. The van der Waals surface area contributed by atoms with E-state index in [0.29, 0.717) is 11.3 Å². The number of nitrogens with two attached hydrogens (primary N) is 1. The first-order valence-electron chi connectivity index (χ1n) is 12.4. The number of pyridine rings is 1. The molecule has 1 aromatic carbocycles. The fraction of sp³-hybridized carbons (Fsp3) is 0.429. The lowest BCUT2D eigenvalue weighted by Gasteiger charge is -2.56. The monoisotopic (exact) mass is 506 g/mol. The molecule has 1 amide bonds. The number of hydrogen-bond acceptors (Lipinski definition) is 6. The van der Waals surface area contributed by atoms with Crippen molar-refractivity contribution >= 4 is 18.0 Å². The van der Waals surface area contributed by atoms with Crippen LogP contribution in [0.2, 0.25) is 0 Å². The van der Waals surface area contributed by atoms with E-state index in [1.165, 1.54) is 6.92 Å². The second-order valence-electron chi connectivity index (χ2n) is 10.4. The van der Waals surface area contributed by atoms with E-state index in [-0.39, 0.29) is 13.1 Å². The van der Waals surface area contributed by atoms with Crippen LogP contribution in [0.5, 0.6) is 0 Å². The van der Waals surface area contributed by atoms with Gasteiger partial charge in [0.2, 0.25) is 5.91 Å². The summed E-state index contributed by atoms with van der Waals surface area (Å²) in [7, 11) is 0. The number of benzene rings is 1. The second kappa shape index (κ2) is 9.03. The maximum absolute atomic E-state index is 15.4. The van der Waals surface area contributed by atoms with Gasteiger partial charge in [-0.05, 0) is 31.1 Å². The molecule has 0 spiro atoms. The minimum atomic E-state index is -3.12. The molecule has 5 rings (SSSR count). The Kier molecular flexibility index (Phi) is 6.11. The van der Waals surface area contributed by atoms with Gasteiger partial charge in [0.25, 0.3) is 5.92 Å². The smallest absolute Gasteiger partial charge is 0.327 e. The van der Waals surface area contributed by atoms with Gasteiger partial charge in [0, 0.05) is 48.7 Å². The van der Waals surface area contributed by atoms with Crippen molar-refractivity contribution in [1.29, 1.82) is 5.26 Å². The Morgan fingerprint density at radius 1 is 1.24 bits per heavy atom. The minimum Gasteiger partial charge on any atom is -0.461 e. The lowest BCUT2D eigenvalue weighted by Crippen LogP contribution is -2.71. The number of esters is 1. The van der Waals surface area contributed by atoms with Crippen LogP contribution in [0.3, 0.4) is 0 Å². The highest BCUT2D eigenvalue weighted by atomic mass is 19.3. The second-order valence-corrected chi connectivity index (χ2v) is 10.4. The molecule has 7 nitrogen and oxygen atoms in total. The van der Waals surface area contributed by atoms with Crippen molar-refractivity contribution in [2.45, 2.75) is 37.8 Å². The van der Waals surface area contributed by atoms with Crippen LogP contribution in [0.25, 0.3) is 17.2 Å². The summed E-state index contributed by atoms with van der Waals surface area (Å²) in [5.74, 6) is -6.95. The molecular formula is C28H28F2N4O3. The van der Waals surface area contributed by atoms with Gasteiger partial charge in [-0.3, -0.25) is 19.5 Å². The average Bonchev–Trinajstić information content (AvgIpc) is 3.07. The van der Waals surface area contributed by atoms with E-state index < -0.39 is 59.5 Å². The van der Waals surface area contributed by atoms with E-state index in [4.69, 9.17) is 10.5 Å². The van der Waals surface area contributed by atoms with Crippen molar-refractivity contribution < 1.29 is 23.1 Å². The third-order valence-corrected chi connectivity index (χ3v) is 8.35. The zero-order valence-corrected chi connectivity index (χ0v) is 20.6. The number of amides is 1. The molecule has 3 fully saturated rings. The number of nitrogens with zero attached hydrogens (tertiary/aromatic N) is 3. The van der Waals surface area contributed by atoms with Crippen LogP contribution in [-0.4, -0.2) is 52.4 Å². The number of fused-ring (bicyclic) bond motifs is 1. The molecule has 192 valence electrons. The summed E-state index contributed by atoms with van der Waals surface area (Å²) in [6.45, 7) is 3.59. The van der Waals surface area contributed by atoms with Crippen LogP contribution in [0.15, 0.2) is 48.7 Å². The molecule has 2 aliphatic heterocycles. The summed E-state index contributed by atoms with van der Waals surface area (Å²) < 4.78 is 36.5. The lowest BCUT2D eigenvalue weighted by molar-refractivity contribution is -0.191. The van der Waals surface area contributed by atoms with E-state index in [0.717, 1.165) is 11.1 Å². The molecule has 1 aromatic heterocycles. The molecule has 2 saturated heterocycles. The van der Waals surface area contributed by atoms with Crippen LogP contribution in [0.1, 0.15) is 31.5 Å². The van der Waals surface area contributed by atoms with Gasteiger partial charge in [-0.2, -0.15) is 5.26 Å². The number of alkyl halides is 2. The van der Waals surface area contributed by atoms with Gasteiger partial charge >= 0.3 is 5.97 Å². The SMILES string of the molecule is CC1OC(=O)C2(N3CC(C(N)=O)C3)CC(F)(F)C(C)C(C=Cc3ccc(-c4ccccc4C#N)cn3)C12. The number of hydrogen-bond donors (Lipinski definition) is 1. The van der Waals surface area contributed by atoms with Crippen LogP contribution in [-0.2, 0) is 14.3 Å². The number of rotatable bonds is 5. The van der Waals surface area contributed by atoms with Gasteiger partial charge in [-0.1, -0.05) is 37.3 Å². The Balaban J connectivity index is 1.45. The summed E-state index contributed by atoms with van der Waals surface area (Å²) in [6.07, 6.45) is 3.85. The quantitative estimate of drug-likeness (QED) is 0.620. The molecule has 3 heterocycles. The standard InChI is InChI=1S/C28H28F2N4O3/c1-16-22(10-9-21-8-7-19(12-33-21)23-6-4-3-5-18(23)11-31)24-17(2)37-26(36)27(24,15-28(16,29)30)34-13-20(14-34)25(32)35/h3-10,12,16-17,20,22,24H,13-15H2,1-2H3,(H2,32,35). The van der Waals surface area contributed by atoms with Gasteiger partial charge in [0.1, 0.15) is 11.6 Å². The van der Waals surface area contributed by atoms with E-state index >= 15 is 8.78 Å². The molecule has 1 aliphatic carbocycles. The molecule has 0 radical (unpaired) electrons. The zero-order valence-electron chi connectivity index (χ0n) is 20.6. The van der Waals surface area contributed by atoms with E-state index in [1.54, 1.807) is 48.4 Å². The molecule has 0 bridgehead atoms. The number of cyclic esters (lactones) is 1. The number of primary amides is 1. The van der Waals surface area contributed by atoms with Crippen LogP contribution in [0, 0.1) is 35.0 Å². The fourth-order valence-electron chi connectivity index (χ4n) is 6.23. The van der Waals surface area contributed by atoms with Crippen LogP contribution in [0.4, 0.5) is 8.78 Å². The van der Waals surface area contributed by atoms with Crippen molar-refractivity contribution in [2.24, 2.45) is 29.4 Å². The van der Waals surface area contributed by atoms with Crippen molar-refractivity contribution in [3.63, 3.8) is 0 Å². The third-order valence-electron chi connectivity index (χ3n) is 8.35. The van der Waals surface area contributed by atoms with Crippen molar-refractivity contribution in [3.05, 3.63) is 59.9 Å². The predicted octanol–water partition coefficient (Wildman–Crippen LogP) is 3.64. The summed E-state index contributed by atoms with van der Waals surface area (Å²) >= 11 is 0. The molecule has 37 heavy (non-hydrogen) atoms. The highest BCUT2D eigenvalue weighted by Crippen LogP contribution is 2.58. The molecule has 2 N–H and O–H groups in total. The van der Waals surface area contributed by atoms with Crippen molar-refractivity contribution in [3.8, 4) is 17.2 Å². The summed E-state index contributed by atoms with van der Waals surface area (Å²) in [5.41, 5.74) is 6.54. The Bertz CT molecular complexity index is 1300. The Morgan fingerprint density at radius 2 is 1.97 bits per heavy atom. The first-order valence-corrected chi connectivity index (χ1v) is 12.4. The molecule has 2 aromatic rings. The molecule has 5 unspecified atom stereocenters. The Labute approximate surface area is 213 Å². The maximum atomic E-state index is 15.4. The highest BCUT2D eigenvalue weighted by Gasteiger charge is 2.71. The Hall–Kier alpha value is -3.64. The topological polar surface area (TPSA) is 109 Å². The number of aromatic nitrogens is 1. The van der Waals surface area contributed by atoms with Gasteiger partial charge in [0.15, 0.2) is 0 Å². The van der Waals surface area contributed by atoms with E-state index in [1.807, 2.05) is 18.2 Å². The number of nitriles is 1. The number of carbonyl (C=O) groups is 2. The number of ether oxygens (including phenoxy) is 1. The van der Waals surface area contributed by atoms with Crippen LogP contribution >= 0.6 is 0 Å². The molecule has 5 atom stereocenters. The summed E-state index contributed by atoms with van der Waals surface area (Å²) in [6, 6.07) is 13.0. The highest BCUT2D eigenvalue weighted by molar-refractivity contribution is 5.86. The van der Waals surface area contributed by atoms with Gasteiger partial charge < -0.3 is 10.5 Å². The molecular weight excluding hydrogens is 478 g/mol. The first kappa shape index (κ1) is 25.0. The van der Waals surface area contributed by atoms with Crippen LogP contribution < -0.4 is 5.73 Å². The number of halogens is 2. The third kappa shape index (κ3) is 4.00. The van der Waals surface area contributed by atoms with Gasteiger partial charge in [0.05, 0.1) is 23.2 Å². The largest absolute Gasteiger partial charge is 0.461 e. The van der Waals surface area contributed by atoms with E-state index in [2.05, 4.69) is 11.1 Å². The van der Waals surface area contributed by atoms with Crippen molar-refractivity contribution in [2.75, 3.05) is 13.1 Å². The average molecular weight is 507 g/mol. The lowest BCUT2D eigenvalue weighted by atomic mass is 9.59. The predicted molar refractivity (Wildman–Crippen MR) is 132 cm³/mol. The normalized spacial score (nSPS) is 31.4. The number of carbonyl (C=O) groups excluding carboxylic acids is 2. The van der Waals surface area contributed by atoms with Gasteiger partial charge in [-0.25, -0.2) is 8.78 Å². The maximum Gasteiger partial charge on any atom is 0.327 e. The van der Waals surface area contributed by atoms with E-state index in [9.17, 15) is 14.9 Å². The van der Waals surface area contributed by atoms with Gasteiger partial charge in [-0.15, -0.1) is 0 Å². The van der Waals surface area contributed by atoms with Crippen molar-refractivity contribution in [1.82, 2.24) is 9.88 Å². The fourth-order valence-corrected chi connectivity index (χ4v) is 6.23. The molecule has 9 heteroatoms. The number of allylic oxidation sites excluding steroid dienone is 1. The molecule has 1 saturated carbocycles. The first-order chi connectivity index (χ1) is 17.6. The summed E-state index contributed by atoms with van der Waals surface area (Å²) in [5, 5.41) is 9.36. The summed E-state index contributed by atoms with van der Waals surface area (Å²) in [4.78, 5) is 30.8. The zero-order chi connectivity index (χ0) is 26.5. The Morgan fingerprint density at radius 3 is 2.62 bits per heavy atom.